The van der Waals surface area contributed by atoms with Crippen molar-refractivity contribution in [3.63, 3.8) is 0 Å². The molecule has 6 rings (SSSR count). The quantitative estimate of drug-likeness (QED) is 0.393. The zero-order chi connectivity index (χ0) is 22.3. The number of aromatic nitrogens is 4. The van der Waals surface area contributed by atoms with Gasteiger partial charge in [0.15, 0.2) is 0 Å². The third-order valence-electron chi connectivity index (χ3n) is 6.62. The molecule has 0 amide bonds. The number of benzene rings is 2. The zero-order valence-corrected chi connectivity index (χ0v) is 18.1. The lowest BCUT2D eigenvalue weighted by Crippen LogP contribution is -2.43. The van der Waals surface area contributed by atoms with Gasteiger partial charge in [-0.05, 0) is 42.5 Å². The summed E-state index contributed by atoms with van der Waals surface area (Å²) < 4.78 is 0. The summed E-state index contributed by atoms with van der Waals surface area (Å²) in [6.45, 7) is 0. The Balaban J connectivity index is 1.50. The minimum absolute atomic E-state index is 0.168. The first-order chi connectivity index (χ1) is 16.2. The molecule has 1 fully saturated rings. The fourth-order valence-corrected chi connectivity index (χ4v) is 4.53. The lowest BCUT2D eigenvalue weighted by molar-refractivity contribution is 0.253. The molecule has 0 unspecified atom stereocenters. The topological polar surface area (TPSA) is 77.6 Å². The number of nitrogens with two attached hydrogens (primary N) is 1. The van der Waals surface area contributed by atoms with E-state index in [1.807, 2.05) is 12.3 Å². The van der Waals surface area contributed by atoms with Crippen LogP contribution in [0.1, 0.15) is 24.8 Å². The molecule has 5 heteroatoms. The Labute approximate surface area is 192 Å². The Morgan fingerprint density at radius 1 is 0.758 bits per heavy atom. The summed E-state index contributed by atoms with van der Waals surface area (Å²) in [5.74, 6) is 0. The maximum absolute atomic E-state index is 6.54. The molecule has 1 aliphatic rings. The summed E-state index contributed by atoms with van der Waals surface area (Å²) in [6.07, 6.45) is 10.2. The van der Waals surface area contributed by atoms with Gasteiger partial charge >= 0.3 is 0 Å². The van der Waals surface area contributed by atoms with Gasteiger partial charge in [0.05, 0.1) is 23.1 Å². The molecule has 0 saturated heterocycles. The molecule has 0 bridgehead atoms. The van der Waals surface area contributed by atoms with E-state index in [0.29, 0.717) is 0 Å². The van der Waals surface area contributed by atoms with Gasteiger partial charge in [-0.3, -0.25) is 4.98 Å². The van der Waals surface area contributed by atoms with E-state index in [2.05, 4.69) is 75.6 Å². The van der Waals surface area contributed by atoms with Crippen LogP contribution in [0.2, 0.25) is 0 Å². The van der Waals surface area contributed by atoms with Gasteiger partial charge < -0.3 is 5.73 Å². The predicted molar refractivity (Wildman–Crippen MR) is 131 cm³/mol. The molecule has 33 heavy (non-hydrogen) atoms. The summed E-state index contributed by atoms with van der Waals surface area (Å²) in [7, 11) is 0. The van der Waals surface area contributed by atoms with E-state index in [1.54, 1.807) is 12.4 Å². The Morgan fingerprint density at radius 3 is 2.21 bits per heavy atom. The van der Waals surface area contributed by atoms with Gasteiger partial charge in [0, 0.05) is 40.0 Å². The van der Waals surface area contributed by atoms with Crippen molar-refractivity contribution in [3.05, 3.63) is 97.2 Å². The van der Waals surface area contributed by atoms with Crippen LogP contribution >= 0.6 is 0 Å². The van der Waals surface area contributed by atoms with Crippen LogP contribution in [0.25, 0.3) is 44.5 Å². The number of hydrogen-bond donors (Lipinski definition) is 1. The van der Waals surface area contributed by atoms with Crippen molar-refractivity contribution >= 4 is 10.9 Å². The lowest BCUT2D eigenvalue weighted by Gasteiger charge is -2.38. The summed E-state index contributed by atoms with van der Waals surface area (Å²) in [4.78, 5) is 17.9. The molecule has 3 heterocycles. The first-order valence-corrected chi connectivity index (χ1v) is 11.2. The Hall–Kier alpha value is -3.96. The molecule has 0 spiro atoms. The fourth-order valence-electron chi connectivity index (χ4n) is 4.53. The van der Waals surface area contributed by atoms with Crippen molar-refractivity contribution in [2.45, 2.75) is 24.8 Å². The molecule has 0 aliphatic heterocycles. The summed E-state index contributed by atoms with van der Waals surface area (Å²) in [6, 6.07) is 23.2. The number of rotatable bonds is 4. The van der Waals surface area contributed by atoms with E-state index in [1.165, 1.54) is 18.3 Å². The Morgan fingerprint density at radius 2 is 1.52 bits per heavy atom. The highest BCUT2D eigenvalue weighted by Gasteiger charge is 2.34. The molecule has 3 aromatic heterocycles. The fraction of sp³-hybridized carbons (Fsp3) is 0.143. The lowest BCUT2D eigenvalue weighted by atomic mass is 9.72. The minimum atomic E-state index is -0.168. The molecule has 160 valence electrons. The Bertz CT molecular complexity index is 1430. The van der Waals surface area contributed by atoms with Crippen molar-refractivity contribution in [3.8, 4) is 33.6 Å². The van der Waals surface area contributed by atoms with Gasteiger partial charge in [0.2, 0.25) is 0 Å². The molecule has 0 atom stereocenters. The van der Waals surface area contributed by atoms with Gasteiger partial charge in [0.1, 0.15) is 6.33 Å². The third-order valence-corrected chi connectivity index (χ3v) is 6.62. The van der Waals surface area contributed by atoms with Crippen LogP contribution in [0.3, 0.4) is 0 Å². The van der Waals surface area contributed by atoms with E-state index in [0.717, 1.165) is 57.4 Å². The van der Waals surface area contributed by atoms with Crippen molar-refractivity contribution in [2.24, 2.45) is 5.73 Å². The van der Waals surface area contributed by atoms with Crippen LogP contribution in [-0.2, 0) is 5.54 Å². The molecular formula is C28H23N5. The van der Waals surface area contributed by atoms with Crippen LogP contribution in [0.4, 0.5) is 0 Å². The number of hydrogen-bond acceptors (Lipinski definition) is 5. The molecule has 5 nitrogen and oxygen atoms in total. The van der Waals surface area contributed by atoms with E-state index in [9.17, 15) is 0 Å². The predicted octanol–water partition coefficient (Wildman–Crippen LogP) is 5.76. The standard InChI is InChI=1S/C28H23N5/c29-28(11-4-12-28)23-9-7-20(8-10-23)27-24(19-5-2-1-3-6-19)13-21-14-25(32-17-26(21)33-27)22-15-30-18-31-16-22/h1-3,5-10,13-18H,4,11-12,29H2. The van der Waals surface area contributed by atoms with Crippen LogP contribution in [0.5, 0.6) is 0 Å². The first kappa shape index (κ1) is 19.7. The molecule has 5 aromatic rings. The van der Waals surface area contributed by atoms with Crippen molar-refractivity contribution in [1.82, 2.24) is 19.9 Å². The second kappa shape index (κ2) is 7.87. The second-order valence-corrected chi connectivity index (χ2v) is 8.73. The summed E-state index contributed by atoms with van der Waals surface area (Å²) in [5, 5.41) is 1.03. The number of pyridine rings is 2. The van der Waals surface area contributed by atoms with Crippen LogP contribution < -0.4 is 5.73 Å². The van der Waals surface area contributed by atoms with Gasteiger partial charge in [-0.15, -0.1) is 0 Å². The van der Waals surface area contributed by atoms with Gasteiger partial charge in [-0.25, -0.2) is 15.0 Å². The average Bonchev–Trinajstić information content (AvgIpc) is 2.87. The van der Waals surface area contributed by atoms with Gasteiger partial charge in [0.25, 0.3) is 0 Å². The van der Waals surface area contributed by atoms with Crippen molar-refractivity contribution < 1.29 is 0 Å². The van der Waals surface area contributed by atoms with Crippen molar-refractivity contribution in [2.75, 3.05) is 0 Å². The largest absolute Gasteiger partial charge is 0.321 e. The molecule has 1 aliphatic carbocycles. The third kappa shape index (κ3) is 3.56. The highest BCUT2D eigenvalue weighted by molar-refractivity contribution is 5.92. The zero-order valence-electron chi connectivity index (χ0n) is 18.1. The molecule has 0 radical (unpaired) electrons. The molecule has 1 saturated carbocycles. The van der Waals surface area contributed by atoms with E-state index in [4.69, 9.17) is 10.7 Å². The molecule has 2 aromatic carbocycles. The maximum Gasteiger partial charge on any atom is 0.115 e. The van der Waals surface area contributed by atoms with Gasteiger partial charge in [-0.2, -0.15) is 0 Å². The first-order valence-electron chi connectivity index (χ1n) is 11.2. The summed E-state index contributed by atoms with van der Waals surface area (Å²) >= 11 is 0. The number of fused-ring (bicyclic) bond motifs is 1. The average molecular weight is 430 g/mol. The van der Waals surface area contributed by atoms with Crippen LogP contribution in [-0.4, -0.2) is 19.9 Å². The Kier molecular flexibility index (Phi) is 4.70. The van der Waals surface area contributed by atoms with E-state index < -0.39 is 0 Å². The number of nitrogens with zero attached hydrogens (tertiary/aromatic N) is 4. The summed E-state index contributed by atoms with van der Waals surface area (Å²) in [5.41, 5.74) is 14.4. The highest BCUT2D eigenvalue weighted by atomic mass is 14.8. The van der Waals surface area contributed by atoms with Crippen molar-refractivity contribution in [1.29, 1.82) is 0 Å². The van der Waals surface area contributed by atoms with E-state index >= 15 is 0 Å². The highest BCUT2D eigenvalue weighted by Crippen LogP contribution is 2.40. The second-order valence-electron chi connectivity index (χ2n) is 8.73. The van der Waals surface area contributed by atoms with Crippen LogP contribution in [0, 0.1) is 0 Å². The SMILES string of the molecule is NC1(c2ccc(-c3nc4cnc(-c5cncnc5)cc4cc3-c3ccccc3)cc2)CCC1. The van der Waals surface area contributed by atoms with E-state index in [-0.39, 0.29) is 5.54 Å². The van der Waals surface area contributed by atoms with Gasteiger partial charge in [-0.1, -0.05) is 54.6 Å². The smallest absolute Gasteiger partial charge is 0.115 e. The van der Waals surface area contributed by atoms with Crippen LogP contribution in [0.15, 0.2) is 91.6 Å². The normalized spacial score (nSPS) is 14.7. The minimum Gasteiger partial charge on any atom is -0.321 e. The molecule has 2 N–H and O–H groups in total. The monoisotopic (exact) mass is 429 g/mol. The molecular weight excluding hydrogens is 406 g/mol. The maximum atomic E-state index is 6.54.